The van der Waals surface area contributed by atoms with Crippen molar-refractivity contribution in [1.29, 1.82) is 0 Å². The number of hydrogen-bond acceptors (Lipinski definition) is 6. The number of benzene rings is 3. The van der Waals surface area contributed by atoms with Crippen LogP contribution >= 0.6 is 11.8 Å². The molecular formula is C32H29N3O3S. The maximum absolute atomic E-state index is 13.4. The van der Waals surface area contributed by atoms with Crippen molar-refractivity contribution in [2.75, 3.05) is 0 Å². The van der Waals surface area contributed by atoms with Gasteiger partial charge in [-0.1, -0.05) is 75.4 Å². The van der Waals surface area contributed by atoms with E-state index < -0.39 is 0 Å². The fourth-order valence-electron chi connectivity index (χ4n) is 3.94. The second-order valence-corrected chi connectivity index (χ2v) is 11.1. The fraction of sp³-hybridized carbons (Fsp3) is 0.156. The van der Waals surface area contributed by atoms with Crippen molar-refractivity contribution in [2.24, 2.45) is 10.2 Å². The summed E-state index contributed by atoms with van der Waals surface area (Å²) in [7, 11) is 0. The molecule has 4 aromatic rings. The Kier molecular flexibility index (Phi) is 7.79. The summed E-state index contributed by atoms with van der Waals surface area (Å²) >= 11 is 1.30. The van der Waals surface area contributed by atoms with E-state index in [1.807, 2.05) is 78.9 Å². The van der Waals surface area contributed by atoms with Crippen molar-refractivity contribution < 1.29 is 13.9 Å². The Morgan fingerprint density at radius 3 is 2.38 bits per heavy atom. The number of amidine groups is 1. The van der Waals surface area contributed by atoms with Crippen LogP contribution in [0.4, 0.5) is 0 Å². The Bertz CT molecular complexity index is 1520. The van der Waals surface area contributed by atoms with E-state index in [4.69, 9.17) is 9.15 Å². The van der Waals surface area contributed by atoms with E-state index in [9.17, 15) is 4.79 Å². The van der Waals surface area contributed by atoms with Gasteiger partial charge in [0.25, 0.3) is 5.91 Å². The van der Waals surface area contributed by atoms with Gasteiger partial charge < -0.3 is 9.15 Å². The van der Waals surface area contributed by atoms with Gasteiger partial charge in [-0.3, -0.25) is 9.69 Å². The molecule has 1 saturated heterocycles. The molecule has 0 bridgehead atoms. The SMILES string of the molecule is CC(C)(C)c1ccc(/C=C2\S/C(=N/N=C\c3cccc(Oc4ccccc4)c3)N(Cc3ccco3)C2=O)cc1. The van der Waals surface area contributed by atoms with E-state index in [0.717, 1.165) is 16.9 Å². The van der Waals surface area contributed by atoms with Crippen molar-refractivity contribution >= 4 is 35.1 Å². The molecule has 39 heavy (non-hydrogen) atoms. The van der Waals surface area contributed by atoms with Gasteiger partial charge in [-0.15, -0.1) is 5.10 Å². The maximum Gasteiger partial charge on any atom is 0.267 e. The monoisotopic (exact) mass is 535 g/mol. The van der Waals surface area contributed by atoms with Gasteiger partial charge in [-0.05, 0) is 76.3 Å². The van der Waals surface area contributed by atoms with E-state index >= 15 is 0 Å². The highest BCUT2D eigenvalue weighted by molar-refractivity contribution is 8.18. The summed E-state index contributed by atoms with van der Waals surface area (Å²) in [4.78, 5) is 15.5. The lowest BCUT2D eigenvalue weighted by Gasteiger charge is -2.18. The van der Waals surface area contributed by atoms with Crippen LogP contribution in [0.1, 0.15) is 43.2 Å². The number of para-hydroxylation sites is 1. The Hall–Kier alpha value is -4.36. The summed E-state index contributed by atoms with van der Waals surface area (Å²) in [5.74, 6) is 1.99. The first-order chi connectivity index (χ1) is 18.8. The topological polar surface area (TPSA) is 67.4 Å². The lowest BCUT2D eigenvalue weighted by atomic mass is 9.87. The minimum atomic E-state index is -0.136. The van der Waals surface area contributed by atoms with Gasteiger partial charge in [0.2, 0.25) is 0 Å². The lowest BCUT2D eigenvalue weighted by molar-refractivity contribution is -0.122. The minimum absolute atomic E-state index is 0.0639. The molecule has 5 rings (SSSR count). The zero-order valence-electron chi connectivity index (χ0n) is 22.1. The van der Waals surface area contributed by atoms with Crippen molar-refractivity contribution in [3.8, 4) is 11.5 Å². The summed E-state index contributed by atoms with van der Waals surface area (Å²) in [6.45, 7) is 6.81. The van der Waals surface area contributed by atoms with Crippen molar-refractivity contribution in [3.63, 3.8) is 0 Å². The Balaban J connectivity index is 1.37. The second-order valence-electron chi connectivity index (χ2n) is 10.1. The Labute approximate surface area is 232 Å². The normalized spacial score (nSPS) is 16.1. The summed E-state index contributed by atoms with van der Waals surface area (Å²) in [6, 6.07) is 29.1. The third kappa shape index (κ3) is 6.75. The number of carbonyl (C=O) groups is 1. The van der Waals surface area contributed by atoms with Crippen LogP contribution in [0.25, 0.3) is 6.08 Å². The highest BCUT2D eigenvalue weighted by Crippen LogP contribution is 2.34. The molecule has 0 spiro atoms. The van der Waals surface area contributed by atoms with E-state index in [1.54, 1.807) is 23.4 Å². The molecule has 6 nitrogen and oxygen atoms in total. The van der Waals surface area contributed by atoms with Gasteiger partial charge in [0.05, 0.1) is 23.9 Å². The maximum atomic E-state index is 13.4. The van der Waals surface area contributed by atoms with Gasteiger partial charge in [-0.25, -0.2) is 0 Å². The first-order valence-electron chi connectivity index (χ1n) is 12.6. The largest absolute Gasteiger partial charge is 0.467 e. The van der Waals surface area contributed by atoms with Crippen molar-refractivity contribution in [1.82, 2.24) is 4.90 Å². The quantitative estimate of drug-likeness (QED) is 0.137. The average molecular weight is 536 g/mol. The van der Waals surface area contributed by atoms with Gasteiger partial charge in [-0.2, -0.15) is 5.10 Å². The number of thioether (sulfide) groups is 1. The molecule has 0 atom stereocenters. The highest BCUT2D eigenvalue weighted by atomic mass is 32.2. The average Bonchev–Trinajstić information content (AvgIpc) is 3.54. The van der Waals surface area contributed by atoms with Crippen LogP contribution in [-0.4, -0.2) is 22.2 Å². The van der Waals surface area contributed by atoms with Crippen LogP contribution in [-0.2, 0) is 16.8 Å². The van der Waals surface area contributed by atoms with E-state index in [-0.39, 0.29) is 17.9 Å². The molecule has 0 unspecified atom stereocenters. The van der Waals surface area contributed by atoms with Crippen LogP contribution in [0.15, 0.2) is 117 Å². The van der Waals surface area contributed by atoms with E-state index in [1.165, 1.54) is 17.3 Å². The molecule has 0 aliphatic carbocycles. The zero-order valence-corrected chi connectivity index (χ0v) is 22.9. The highest BCUT2D eigenvalue weighted by Gasteiger charge is 2.34. The van der Waals surface area contributed by atoms with Gasteiger partial charge in [0.15, 0.2) is 5.17 Å². The third-order valence-electron chi connectivity index (χ3n) is 6.04. The summed E-state index contributed by atoms with van der Waals surface area (Å²) in [6.07, 6.45) is 5.13. The number of carbonyl (C=O) groups excluding carboxylic acids is 1. The molecule has 1 fully saturated rings. The van der Waals surface area contributed by atoms with Crippen molar-refractivity contribution in [2.45, 2.75) is 32.7 Å². The number of nitrogens with zero attached hydrogens (tertiary/aromatic N) is 3. The predicted octanol–water partition coefficient (Wildman–Crippen LogP) is 7.88. The molecule has 1 aliphatic heterocycles. The first kappa shape index (κ1) is 26.3. The standard InChI is InChI=1S/C32H29N3O3S/c1-32(2,3)25-16-14-23(15-17-25)20-29-30(36)35(22-28-13-8-18-37-28)31(39-29)34-33-21-24-9-7-12-27(19-24)38-26-10-5-4-6-11-26/h4-21H,22H2,1-3H3/b29-20-,33-21-,34-31+. The third-order valence-corrected chi connectivity index (χ3v) is 7.04. The Morgan fingerprint density at radius 2 is 1.67 bits per heavy atom. The smallest absolute Gasteiger partial charge is 0.267 e. The molecule has 1 amide bonds. The lowest BCUT2D eigenvalue weighted by Crippen LogP contribution is -2.28. The number of ether oxygens (including phenoxy) is 1. The van der Waals surface area contributed by atoms with Gasteiger partial charge in [0.1, 0.15) is 17.3 Å². The van der Waals surface area contributed by atoms with E-state index in [2.05, 4.69) is 43.1 Å². The molecule has 0 N–H and O–H groups in total. The van der Waals surface area contributed by atoms with Crippen molar-refractivity contribution in [3.05, 3.63) is 125 Å². The Morgan fingerprint density at radius 1 is 0.897 bits per heavy atom. The van der Waals surface area contributed by atoms with Crippen LogP contribution in [0, 0.1) is 0 Å². The van der Waals surface area contributed by atoms with Crippen LogP contribution in [0.2, 0.25) is 0 Å². The minimum Gasteiger partial charge on any atom is -0.467 e. The molecule has 3 aromatic carbocycles. The van der Waals surface area contributed by atoms with Gasteiger partial charge >= 0.3 is 0 Å². The van der Waals surface area contributed by atoms with Gasteiger partial charge in [0, 0.05) is 0 Å². The second kappa shape index (κ2) is 11.6. The molecular weight excluding hydrogens is 506 g/mol. The predicted molar refractivity (Wildman–Crippen MR) is 158 cm³/mol. The zero-order chi connectivity index (χ0) is 27.2. The molecule has 2 heterocycles. The van der Waals surface area contributed by atoms with Crippen LogP contribution in [0.5, 0.6) is 11.5 Å². The molecule has 196 valence electrons. The molecule has 7 heteroatoms. The molecule has 0 saturated carbocycles. The fourth-order valence-corrected chi connectivity index (χ4v) is 4.87. The molecule has 1 aromatic heterocycles. The summed E-state index contributed by atoms with van der Waals surface area (Å²) < 4.78 is 11.4. The molecule has 0 radical (unpaired) electrons. The molecule has 1 aliphatic rings. The number of hydrogen-bond donors (Lipinski definition) is 0. The number of rotatable bonds is 7. The summed E-state index contributed by atoms with van der Waals surface area (Å²) in [5, 5.41) is 9.20. The summed E-state index contributed by atoms with van der Waals surface area (Å²) in [5.41, 5.74) is 3.09. The van der Waals surface area contributed by atoms with Crippen LogP contribution < -0.4 is 4.74 Å². The number of amides is 1. The number of furan rings is 1. The first-order valence-corrected chi connectivity index (χ1v) is 13.5. The van der Waals surface area contributed by atoms with E-state index in [0.29, 0.717) is 21.6 Å². The van der Waals surface area contributed by atoms with Crippen LogP contribution in [0.3, 0.4) is 0 Å².